The van der Waals surface area contributed by atoms with Gasteiger partial charge in [0.25, 0.3) is 0 Å². The molecule has 0 aliphatic carbocycles. The highest BCUT2D eigenvalue weighted by Gasteiger charge is 2.04. The van der Waals surface area contributed by atoms with E-state index in [1.807, 2.05) is 0 Å². The van der Waals surface area contributed by atoms with Crippen molar-refractivity contribution in [1.82, 2.24) is 15.5 Å². The first-order valence-electron chi connectivity index (χ1n) is 5.13. The van der Waals surface area contributed by atoms with Crippen LogP contribution in [0.3, 0.4) is 0 Å². The Morgan fingerprint density at radius 3 is 2.21 bits per heavy atom. The lowest BCUT2D eigenvalue weighted by Gasteiger charge is -2.20. The third kappa shape index (κ3) is 8.26. The van der Waals surface area contributed by atoms with Crippen LogP contribution in [-0.4, -0.2) is 42.7 Å². The molecular formula is C10H23N3S. The van der Waals surface area contributed by atoms with Crippen LogP contribution in [0.25, 0.3) is 0 Å². The Hall–Kier alpha value is -0.350. The first-order valence-corrected chi connectivity index (χ1v) is 5.54. The minimum Gasteiger partial charge on any atom is -0.361 e. The molecular weight excluding hydrogens is 194 g/mol. The molecule has 0 saturated heterocycles. The fraction of sp³-hybridized carbons (Fsp3) is 0.900. The molecule has 0 aromatic heterocycles. The quantitative estimate of drug-likeness (QED) is 0.677. The molecule has 0 aromatic rings. The van der Waals surface area contributed by atoms with Gasteiger partial charge in [0.05, 0.1) is 0 Å². The van der Waals surface area contributed by atoms with Gasteiger partial charge in [0.2, 0.25) is 0 Å². The van der Waals surface area contributed by atoms with E-state index in [0.717, 1.165) is 18.1 Å². The zero-order chi connectivity index (χ0) is 11.1. The Morgan fingerprint density at radius 2 is 1.79 bits per heavy atom. The summed E-state index contributed by atoms with van der Waals surface area (Å²) < 4.78 is 0. The van der Waals surface area contributed by atoms with E-state index in [1.54, 1.807) is 0 Å². The zero-order valence-electron chi connectivity index (χ0n) is 9.92. The van der Waals surface area contributed by atoms with Crippen molar-refractivity contribution in [2.75, 3.05) is 20.6 Å². The van der Waals surface area contributed by atoms with Crippen molar-refractivity contribution in [3.63, 3.8) is 0 Å². The molecule has 0 aliphatic heterocycles. The third-order valence-electron chi connectivity index (χ3n) is 1.81. The number of hydrogen-bond acceptors (Lipinski definition) is 2. The fourth-order valence-electron chi connectivity index (χ4n) is 1.05. The van der Waals surface area contributed by atoms with Crippen molar-refractivity contribution in [3.8, 4) is 0 Å². The van der Waals surface area contributed by atoms with Gasteiger partial charge in [-0.3, -0.25) is 0 Å². The van der Waals surface area contributed by atoms with Gasteiger partial charge in [-0.15, -0.1) is 0 Å². The van der Waals surface area contributed by atoms with Crippen LogP contribution in [-0.2, 0) is 0 Å². The van der Waals surface area contributed by atoms with Crippen molar-refractivity contribution < 1.29 is 0 Å². The van der Waals surface area contributed by atoms with Gasteiger partial charge >= 0.3 is 0 Å². The molecule has 0 amide bonds. The highest BCUT2D eigenvalue weighted by molar-refractivity contribution is 7.80. The molecule has 0 aliphatic rings. The molecule has 1 unspecified atom stereocenters. The Morgan fingerprint density at radius 1 is 1.21 bits per heavy atom. The summed E-state index contributed by atoms with van der Waals surface area (Å²) in [6, 6.07) is 0.826. The van der Waals surface area contributed by atoms with Crippen molar-refractivity contribution in [1.29, 1.82) is 0 Å². The lowest BCUT2D eigenvalue weighted by atomic mass is 10.2. The highest BCUT2D eigenvalue weighted by atomic mass is 32.1. The number of hydrogen-bond donors (Lipinski definition) is 2. The smallest absolute Gasteiger partial charge is 0.166 e. The van der Waals surface area contributed by atoms with Crippen LogP contribution in [0.15, 0.2) is 0 Å². The van der Waals surface area contributed by atoms with E-state index >= 15 is 0 Å². The van der Waals surface area contributed by atoms with Gasteiger partial charge in [-0.2, -0.15) is 0 Å². The van der Waals surface area contributed by atoms with Gasteiger partial charge in [0.1, 0.15) is 0 Å². The topological polar surface area (TPSA) is 27.3 Å². The maximum atomic E-state index is 5.15. The lowest BCUT2D eigenvalue weighted by Crippen LogP contribution is -2.44. The second kappa shape index (κ2) is 7.01. The van der Waals surface area contributed by atoms with Crippen LogP contribution >= 0.6 is 12.2 Å². The van der Waals surface area contributed by atoms with Crippen LogP contribution in [0, 0.1) is 0 Å². The average molecular weight is 217 g/mol. The third-order valence-corrected chi connectivity index (χ3v) is 2.04. The second-order valence-electron chi connectivity index (χ2n) is 4.27. The second-order valence-corrected chi connectivity index (χ2v) is 4.67. The Bertz CT molecular complexity index is 169. The summed E-state index contributed by atoms with van der Waals surface area (Å²) in [6.45, 7) is 7.40. The molecule has 84 valence electrons. The zero-order valence-corrected chi connectivity index (χ0v) is 10.7. The van der Waals surface area contributed by atoms with E-state index in [9.17, 15) is 0 Å². The van der Waals surface area contributed by atoms with Gasteiger partial charge in [-0.05, 0) is 60.1 Å². The molecule has 0 radical (unpaired) electrons. The summed E-state index contributed by atoms with van der Waals surface area (Å²) in [6.07, 6.45) is 1.10. The van der Waals surface area contributed by atoms with E-state index in [1.165, 1.54) is 0 Å². The normalized spacial score (nSPS) is 13.1. The van der Waals surface area contributed by atoms with Crippen molar-refractivity contribution >= 4 is 17.3 Å². The van der Waals surface area contributed by atoms with Gasteiger partial charge in [-0.25, -0.2) is 0 Å². The number of nitrogens with one attached hydrogen (secondary N) is 2. The van der Waals surface area contributed by atoms with Gasteiger partial charge in [0, 0.05) is 12.1 Å². The minimum absolute atomic E-state index is 0.399. The molecule has 0 aromatic carbocycles. The summed E-state index contributed by atoms with van der Waals surface area (Å²) in [5, 5.41) is 7.18. The van der Waals surface area contributed by atoms with E-state index < -0.39 is 0 Å². The molecule has 1 atom stereocenters. The van der Waals surface area contributed by atoms with Crippen LogP contribution < -0.4 is 10.6 Å². The molecule has 4 heteroatoms. The first kappa shape index (κ1) is 13.7. The molecule has 0 heterocycles. The molecule has 0 fully saturated rings. The molecule has 3 nitrogen and oxygen atoms in total. The Labute approximate surface area is 93.2 Å². The van der Waals surface area contributed by atoms with Gasteiger partial charge in [0.15, 0.2) is 5.11 Å². The van der Waals surface area contributed by atoms with Crippen molar-refractivity contribution in [2.45, 2.75) is 39.3 Å². The van der Waals surface area contributed by atoms with E-state index in [2.05, 4.69) is 50.4 Å². The van der Waals surface area contributed by atoms with Crippen LogP contribution in [0.5, 0.6) is 0 Å². The van der Waals surface area contributed by atoms with Crippen LogP contribution in [0.2, 0.25) is 0 Å². The minimum atomic E-state index is 0.399. The van der Waals surface area contributed by atoms with E-state index in [4.69, 9.17) is 12.2 Å². The van der Waals surface area contributed by atoms with E-state index in [0.29, 0.717) is 12.1 Å². The maximum Gasteiger partial charge on any atom is 0.166 e. The van der Waals surface area contributed by atoms with Crippen LogP contribution in [0.1, 0.15) is 27.2 Å². The maximum absolute atomic E-state index is 5.15. The summed E-state index contributed by atoms with van der Waals surface area (Å²) in [5.74, 6) is 0. The van der Waals surface area contributed by atoms with Crippen molar-refractivity contribution in [3.05, 3.63) is 0 Å². The molecule has 14 heavy (non-hydrogen) atoms. The summed E-state index contributed by atoms with van der Waals surface area (Å²) >= 11 is 5.15. The number of thiocarbonyl (C=S) groups is 1. The van der Waals surface area contributed by atoms with Gasteiger partial charge in [-0.1, -0.05) is 0 Å². The summed E-state index contributed by atoms with van der Waals surface area (Å²) in [5.41, 5.74) is 0. The molecule has 0 saturated carbocycles. The molecule has 0 rings (SSSR count). The Kier molecular flexibility index (Phi) is 6.83. The predicted octanol–water partition coefficient (Wildman–Crippen LogP) is 1.20. The van der Waals surface area contributed by atoms with Crippen molar-refractivity contribution in [2.24, 2.45) is 0 Å². The standard InChI is InChI=1S/C10H23N3S/c1-8(2)11-10(14)12-9(3)6-7-13(4)5/h8-9H,6-7H2,1-5H3,(H2,11,12,14). The average Bonchev–Trinajstić information content (AvgIpc) is 1.98. The van der Waals surface area contributed by atoms with E-state index in [-0.39, 0.29) is 0 Å². The first-order chi connectivity index (χ1) is 6.41. The Balaban J connectivity index is 3.60. The lowest BCUT2D eigenvalue weighted by molar-refractivity contribution is 0.378. The van der Waals surface area contributed by atoms with Crippen LogP contribution in [0.4, 0.5) is 0 Å². The van der Waals surface area contributed by atoms with Gasteiger partial charge < -0.3 is 15.5 Å². The predicted molar refractivity (Wildman–Crippen MR) is 66.6 cm³/mol. The summed E-state index contributed by atoms with van der Waals surface area (Å²) in [7, 11) is 4.16. The SMILES string of the molecule is CC(C)NC(=S)NC(C)CCN(C)C. The highest BCUT2D eigenvalue weighted by Crippen LogP contribution is 1.92. The monoisotopic (exact) mass is 217 g/mol. The fourth-order valence-corrected chi connectivity index (χ4v) is 1.49. The summed E-state index contributed by atoms with van der Waals surface area (Å²) in [4.78, 5) is 2.18. The molecule has 2 N–H and O–H groups in total. The number of nitrogens with zero attached hydrogens (tertiary/aromatic N) is 1. The molecule has 0 bridgehead atoms. The number of rotatable bonds is 5. The molecule has 0 spiro atoms. The largest absolute Gasteiger partial charge is 0.361 e.